The van der Waals surface area contributed by atoms with Gasteiger partial charge in [-0.05, 0) is 24.6 Å². The fourth-order valence-electron chi connectivity index (χ4n) is 1.88. The molecule has 1 atom stereocenters. The molecule has 19 heavy (non-hydrogen) atoms. The molecule has 0 aromatic heterocycles. The summed E-state index contributed by atoms with van der Waals surface area (Å²) >= 11 is 0. The molecule has 1 saturated heterocycles. The molecule has 2 amide bonds. The number of anilines is 1. The van der Waals surface area contributed by atoms with Crippen LogP contribution in [0.2, 0.25) is 0 Å². The minimum atomic E-state index is -4.46. The largest absolute Gasteiger partial charge is 0.416 e. The van der Waals surface area contributed by atoms with E-state index in [0.29, 0.717) is 0 Å². The topological polar surface area (TPSA) is 32.3 Å². The highest BCUT2D eigenvalue weighted by Crippen LogP contribution is 2.30. The zero-order chi connectivity index (χ0) is 14.0. The lowest BCUT2D eigenvalue weighted by Gasteiger charge is -2.16. The molecule has 1 heterocycles. The van der Waals surface area contributed by atoms with Gasteiger partial charge in [-0.25, -0.2) is 9.18 Å². The maximum atomic E-state index is 12.9. The molecule has 2 rings (SSSR count). The Morgan fingerprint density at radius 3 is 2.68 bits per heavy atom. The Labute approximate surface area is 107 Å². The Morgan fingerprint density at radius 1 is 1.37 bits per heavy atom. The molecule has 0 radical (unpaired) electrons. The molecule has 1 N–H and O–H groups in total. The van der Waals surface area contributed by atoms with E-state index in [0.717, 1.165) is 12.1 Å². The summed E-state index contributed by atoms with van der Waals surface area (Å²) in [5, 5.41) is 2.34. The molecule has 3 nitrogen and oxygen atoms in total. The predicted molar refractivity (Wildman–Crippen MR) is 61.5 cm³/mol. The smallest absolute Gasteiger partial charge is 0.322 e. The van der Waals surface area contributed by atoms with Crippen molar-refractivity contribution in [3.05, 3.63) is 29.8 Å². The third kappa shape index (κ3) is 3.36. The maximum Gasteiger partial charge on any atom is 0.416 e. The van der Waals surface area contributed by atoms with E-state index in [1.54, 1.807) is 0 Å². The lowest BCUT2D eigenvalue weighted by molar-refractivity contribution is -0.137. The number of carbonyl (C=O) groups excluding carboxylic acids is 1. The van der Waals surface area contributed by atoms with Gasteiger partial charge in [0.15, 0.2) is 0 Å². The molecular weight excluding hydrogens is 264 g/mol. The second kappa shape index (κ2) is 5.07. The van der Waals surface area contributed by atoms with E-state index in [2.05, 4.69) is 5.32 Å². The number of benzene rings is 1. The number of likely N-dealkylation sites (tertiary alicyclic amines) is 1. The van der Waals surface area contributed by atoms with Gasteiger partial charge >= 0.3 is 12.2 Å². The zero-order valence-electron chi connectivity index (χ0n) is 9.88. The van der Waals surface area contributed by atoms with Gasteiger partial charge < -0.3 is 10.2 Å². The number of nitrogens with one attached hydrogen (secondary N) is 1. The normalized spacial score (nSPS) is 19.6. The average Bonchev–Trinajstić information content (AvgIpc) is 2.75. The van der Waals surface area contributed by atoms with Crippen LogP contribution in [0.3, 0.4) is 0 Å². The molecule has 0 saturated carbocycles. The van der Waals surface area contributed by atoms with E-state index in [1.165, 1.54) is 17.0 Å². The van der Waals surface area contributed by atoms with Gasteiger partial charge in [0.2, 0.25) is 0 Å². The lowest BCUT2D eigenvalue weighted by atomic mass is 10.2. The second-order valence-electron chi connectivity index (χ2n) is 4.34. The van der Waals surface area contributed by atoms with Gasteiger partial charge in [-0.3, -0.25) is 0 Å². The zero-order valence-corrected chi connectivity index (χ0v) is 9.88. The van der Waals surface area contributed by atoms with Gasteiger partial charge in [-0.15, -0.1) is 0 Å². The van der Waals surface area contributed by atoms with Crippen LogP contribution in [0.1, 0.15) is 12.0 Å². The summed E-state index contributed by atoms with van der Waals surface area (Å²) in [6.07, 6.45) is -5.26. The quantitative estimate of drug-likeness (QED) is 0.784. The summed E-state index contributed by atoms with van der Waals surface area (Å²) in [4.78, 5) is 12.9. The standard InChI is InChI=1S/C12H12F4N2O/c13-9-4-5-18(7-9)11(19)17-10-3-1-2-8(6-10)12(14,15)16/h1-3,6,9H,4-5,7H2,(H,17,19). The summed E-state index contributed by atoms with van der Waals surface area (Å²) in [6.45, 7) is 0.247. The van der Waals surface area contributed by atoms with E-state index in [9.17, 15) is 22.4 Å². The van der Waals surface area contributed by atoms with Crippen molar-refractivity contribution in [2.75, 3.05) is 18.4 Å². The Hall–Kier alpha value is -1.79. The van der Waals surface area contributed by atoms with Crippen LogP contribution >= 0.6 is 0 Å². The van der Waals surface area contributed by atoms with Crippen LogP contribution in [0.25, 0.3) is 0 Å². The lowest BCUT2D eigenvalue weighted by Crippen LogP contribution is -2.33. The maximum absolute atomic E-state index is 12.9. The van der Waals surface area contributed by atoms with Crippen LogP contribution in [-0.2, 0) is 6.18 Å². The first-order valence-corrected chi connectivity index (χ1v) is 5.73. The van der Waals surface area contributed by atoms with E-state index in [-0.39, 0.29) is 25.2 Å². The highest BCUT2D eigenvalue weighted by molar-refractivity contribution is 5.89. The number of hydrogen-bond acceptors (Lipinski definition) is 1. The van der Waals surface area contributed by atoms with Gasteiger partial charge in [-0.1, -0.05) is 6.07 Å². The van der Waals surface area contributed by atoms with Gasteiger partial charge in [0, 0.05) is 12.2 Å². The Balaban J connectivity index is 2.05. The molecule has 1 aromatic rings. The van der Waals surface area contributed by atoms with Crippen LogP contribution < -0.4 is 5.32 Å². The molecule has 1 aliphatic rings. The highest BCUT2D eigenvalue weighted by Gasteiger charge is 2.31. The SMILES string of the molecule is O=C(Nc1cccc(C(F)(F)F)c1)N1CCC(F)C1. The number of hydrogen-bond donors (Lipinski definition) is 1. The van der Waals surface area contributed by atoms with Crippen LogP contribution in [0.4, 0.5) is 28.0 Å². The van der Waals surface area contributed by atoms with Crippen LogP contribution in [0, 0.1) is 0 Å². The molecule has 0 bridgehead atoms. The summed E-state index contributed by atoms with van der Waals surface area (Å²) in [5.74, 6) is 0. The van der Waals surface area contributed by atoms with Gasteiger partial charge in [0.1, 0.15) is 6.17 Å². The first kappa shape index (κ1) is 13.6. The number of nitrogens with zero attached hydrogens (tertiary/aromatic N) is 1. The molecule has 1 aromatic carbocycles. The summed E-state index contributed by atoms with van der Waals surface area (Å²) in [5.41, 5.74) is -0.794. The third-order valence-corrected chi connectivity index (χ3v) is 2.86. The van der Waals surface area contributed by atoms with Crippen molar-refractivity contribution < 1.29 is 22.4 Å². The van der Waals surface area contributed by atoms with Crippen LogP contribution in [0.15, 0.2) is 24.3 Å². The number of amides is 2. The Morgan fingerprint density at radius 2 is 2.11 bits per heavy atom. The van der Waals surface area contributed by atoms with Crippen LogP contribution in [0.5, 0.6) is 0 Å². The van der Waals surface area contributed by atoms with E-state index in [1.807, 2.05) is 0 Å². The minimum Gasteiger partial charge on any atom is -0.322 e. The number of rotatable bonds is 1. The second-order valence-corrected chi connectivity index (χ2v) is 4.34. The number of alkyl halides is 4. The number of urea groups is 1. The molecule has 1 aliphatic heterocycles. The summed E-state index contributed by atoms with van der Waals surface area (Å²) in [6, 6.07) is 3.75. The van der Waals surface area contributed by atoms with Crippen molar-refractivity contribution >= 4 is 11.7 Å². The predicted octanol–water partition coefficient (Wildman–Crippen LogP) is 3.28. The molecular formula is C12H12F4N2O. The summed E-state index contributed by atoms with van der Waals surface area (Å²) < 4.78 is 50.4. The molecule has 7 heteroatoms. The van der Waals surface area contributed by atoms with E-state index in [4.69, 9.17) is 0 Å². The molecule has 1 fully saturated rings. The van der Waals surface area contributed by atoms with E-state index < -0.39 is 23.9 Å². The third-order valence-electron chi connectivity index (χ3n) is 2.86. The fraction of sp³-hybridized carbons (Fsp3) is 0.417. The number of halogens is 4. The van der Waals surface area contributed by atoms with Crippen molar-refractivity contribution in [2.45, 2.75) is 18.8 Å². The summed E-state index contributed by atoms with van der Waals surface area (Å²) in [7, 11) is 0. The molecule has 1 unspecified atom stereocenters. The first-order valence-electron chi connectivity index (χ1n) is 5.73. The van der Waals surface area contributed by atoms with Gasteiger partial charge in [0.05, 0.1) is 12.1 Å². The molecule has 0 spiro atoms. The first-order chi connectivity index (χ1) is 8.86. The fourth-order valence-corrected chi connectivity index (χ4v) is 1.88. The van der Waals surface area contributed by atoms with Gasteiger partial charge in [-0.2, -0.15) is 13.2 Å². The average molecular weight is 276 g/mol. The monoisotopic (exact) mass is 276 g/mol. The van der Waals surface area contributed by atoms with Crippen molar-refractivity contribution in [1.29, 1.82) is 0 Å². The van der Waals surface area contributed by atoms with Crippen molar-refractivity contribution in [1.82, 2.24) is 4.90 Å². The van der Waals surface area contributed by atoms with Crippen LogP contribution in [-0.4, -0.2) is 30.2 Å². The minimum absolute atomic E-state index is 0.0230. The highest BCUT2D eigenvalue weighted by atomic mass is 19.4. The Bertz CT molecular complexity index is 475. The van der Waals surface area contributed by atoms with E-state index >= 15 is 0 Å². The van der Waals surface area contributed by atoms with Crippen molar-refractivity contribution in [3.8, 4) is 0 Å². The van der Waals surface area contributed by atoms with Crippen molar-refractivity contribution in [2.24, 2.45) is 0 Å². The van der Waals surface area contributed by atoms with Crippen molar-refractivity contribution in [3.63, 3.8) is 0 Å². The molecule has 104 valence electrons. The molecule has 0 aliphatic carbocycles. The van der Waals surface area contributed by atoms with Gasteiger partial charge in [0.25, 0.3) is 0 Å². The Kier molecular flexibility index (Phi) is 3.64. The number of carbonyl (C=O) groups is 1.